The number of rotatable bonds is 9. The third kappa shape index (κ3) is 5.61. The Balaban J connectivity index is 1.40. The first-order valence-corrected chi connectivity index (χ1v) is 11.3. The largest absolute Gasteiger partial charge is 0.492 e. The highest BCUT2D eigenvalue weighted by atomic mass is 16.5. The fourth-order valence-electron chi connectivity index (χ4n) is 4.30. The van der Waals surface area contributed by atoms with Gasteiger partial charge in [0.15, 0.2) is 0 Å². The van der Waals surface area contributed by atoms with E-state index in [9.17, 15) is 4.79 Å². The summed E-state index contributed by atoms with van der Waals surface area (Å²) in [6, 6.07) is 18.2. The molecule has 2 aliphatic heterocycles. The van der Waals surface area contributed by atoms with E-state index >= 15 is 0 Å². The van der Waals surface area contributed by atoms with Crippen LogP contribution in [-0.4, -0.2) is 68.1 Å². The molecule has 2 aliphatic rings. The number of anilines is 1. The quantitative estimate of drug-likeness (QED) is 0.636. The van der Waals surface area contributed by atoms with Crippen molar-refractivity contribution >= 4 is 11.6 Å². The van der Waals surface area contributed by atoms with Crippen LogP contribution in [0, 0.1) is 6.07 Å². The molecule has 30 heavy (non-hydrogen) atoms. The Hall–Kier alpha value is -2.37. The number of carbonyl (C=O) groups excluding carboxylic acids is 1. The zero-order chi connectivity index (χ0) is 20.6. The minimum absolute atomic E-state index is 0.0332. The van der Waals surface area contributed by atoms with Crippen LogP contribution in [0.2, 0.25) is 0 Å². The lowest BCUT2D eigenvalue weighted by atomic mass is 10.1. The smallest absolute Gasteiger partial charge is 0.258 e. The summed E-state index contributed by atoms with van der Waals surface area (Å²) < 4.78 is 5.93. The van der Waals surface area contributed by atoms with Crippen molar-refractivity contribution in [1.29, 1.82) is 0 Å². The number of likely N-dealkylation sites (tertiary alicyclic amines) is 2. The fraction of sp³-hybridized carbons (Fsp3) is 0.480. The van der Waals surface area contributed by atoms with Gasteiger partial charge in [-0.1, -0.05) is 12.1 Å². The number of amides is 1. The second-order valence-electron chi connectivity index (χ2n) is 8.19. The SMILES string of the molecule is O=C(c1cc[c]cc1)N(CCN1CCCC1)c1ccc(OCCN2CCCC2)cc1. The van der Waals surface area contributed by atoms with Gasteiger partial charge >= 0.3 is 0 Å². The molecule has 2 aromatic rings. The van der Waals surface area contributed by atoms with Gasteiger partial charge in [0.05, 0.1) is 0 Å². The first-order valence-electron chi connectivity index (χ1n) is 11.3. The molecular formula is C25H32N3O2. The molecule has 2 heterocycles. The van der Waals surface area contributed by atoms with E-state index < -0.39 is 0 Å². The van der Waals surface area contributed by atoms with Crippen LogP contribution < -0.4 is 9.64 Å². The van der Waals surface area contributed by atoms with Gasteiger partial charge in [0, 0.05) is 30.9 Å². The Morgan fingerprint density at radius 1 is 0.867 bits per heavy atom. The number of carbonyl (C=O) groups is 1. The highest BCUT2D eigenvalue weighted by Gasteiger charge is 2.20. The molecule has 0 bridgehead atoms. The summed E-state index contributed by atoms with van der Waals surface area (Å²) >= 11 is 0. The van der Waals surface area contributed by atoms with Crippen LogP contribution in [-0.2, 0) is 0 Å². The van der Waals surface area contributed by atoms with Crippen molar-refractivity contribution in [3.8, 4) is 5.75 Å². The standard InChI is InChI=1S/C25H32N3O2/c29-25(22-8-2-1-3-9-22)28(19-18-26-14-4-5-15-26)23-10-12-24(13-11-23)30-21-20-27-16-6-7-17-27/h2-3,8-13H,4-7,14-21H2. The second kappa shape index (κ2) is 10.6. The normalized spacial score (nSPS) is 17.3. The molecule has 1 radical (unpaired) electrons. The van der Waals surface area contributed by atoms with Crippen molar-refractivity contribution in [2.45, 2.75) is 25.7 Å². The van der Waals surface area contributed by atoms with E-state index in [1.807, 2.05) is 41.3 Å². The van der Waals surface area contributed by atoms with Crippen LogP contribution in [0.5, 0.6) is 5.75 Å². The topological polar surface area (TPSA) is 36.0 Å². The number of nitrogens with zero attached hydrogens (tertiary/aromatic N) is 3. The van der Waals surface area contributed by atoms with Crippen molar-refractivity contribution in [2.24, 2.45) is 0 Å². The molecule has 159 valence electrons. The average Bonchev–Trinajstić information content (AvgIpc) is 3.50. The monoisotopic (exact) mass is 406 g/mol. The molecule has 0 unspecified atom stereocenters. The van der Waals surface area contributed by atoms with Crippen LogP contribution >= 0.6 is 0 Å². The maximum absolute atomic E-state index is 13.2. The Kier molecular flexibility index (Phi) is 7.38. The molecule has 5 heteroatoms. The summed E-state index contributed by atoms with van der Waals surface area (Å²) in [6.07, 6.45) is 5.11. The molecule has 0 aliphatic carbocycles. The van der Waals surface area contributed by atoms with E-state index in [1.54, 1.807) is 12.1 Å². The van der Waals surface area contributed by atoms with Crippen molar-refractivity contribution < 1.29 is 9.53 Å². The van der Waals surface area contributed by atoms with Crippen molar-refractivity contribution in [2.75, 3.05) is 57.3 Å². The highest BCUT2D eigenvalue weighted by Crippen LogP contribution is 2.22. The predicted octanol–water partition coefficient (Wildman–Crippen LogP) is 3.70. The summed E-state index contributed by atoms with van der Waals surface area (Å²) in [5.74, 6) is 0.894. The minimum Gasteiger partial charge on any atom is -0.492 e. The Morgan fingerprint density at radius 3 is 2.10 bits per heavy atom. The lowest BCUT2D eigenvalue weighted by molar-refractivity contribution is 0.0984. The van der Waals surface area contributed by atoms with Crippen molar-refractivity contribution in [1.82, 2.24) is 9.80 Å². The van der Waals surface area contributed by atoms with Gasteiger partial charge in [-0.15, -0.1) is 0 Å². The number of hydrogen-bond acceptors (Lipinski definition) is 4. The van der Waals surface area contributed by atoms with E-state index in [2.05, 4.69) is 15.9 Å². The predicted molar refractivity (Wildman–Crippen MR) is 120 cm³/mol. The molecule has 0 aromatic heterocycles. The maximum atomic E-state index is 13.2. The Labute approximate surface area is 180 Å². The molecule has 2 saturated heterocycles. The number of ether oxygens (including phenoxy) is 1. The molecule has 1 amide bonds. The van der Waals surface area contributed by atoms with Gasteiger partial charge in [-0.05, 0) is 94.3 Å². The van der Waals surface area contributed by atoms with Gasteiger partial charge < -0.3 is 14.5 Å². The van der Waals surface area contributed by atoms with Gasteiger partial charge in [0.1, 0.15) is 12.4 Å². The molecule has 0 N–H and O–H groups in total. The second-order valence-corrected chi connectivity index (χ2v) is 8.19. The van der Waals surface area contributed by atoms with E-state index in [0.29, 0.717) is 18.7 Å². The first kappa shape index (κ1) is 20.9. The Bertz CT molecular complexity index is 782. The van der Waals surface area contributed by atoms with Gasteiger partial charge in [-0.25, -0.2) is 0 Å². The van der Waals surface area contributed by atoms with E-state index in [4.69, 9.17) is 4.74 Å². The van der Waals surface area contributed by atoms with Gasteiger partial charge in [-0.3, -0.25) is 9.69 Å². The summed E-state index contributed by atoms with van der Waals surface area (Å²) in [4.78, 5) is 20.0. The lowest BCUT2D eigenvalue weighted by Gasteiger charge is -2.26. The highest BCUT2D eigenvalue weighted by molar-refractivity contribution is 6.06. The van der Waals surface area contributed by atoms with Crippen molar-refractivity contribution in [3.63, 3.8) is 0 Å². The van der Waals surface area contributed by atoms with Crippen LogP contribution in [0.15, 0.2) is 48.5 Å². The van der Waals surface area contributed by atoms with E-state index in [-0.39, 0.29) is 5.91 Å². The van der Waals surface area contributed by atoms with E-state index in [0.717, 1.165) is 37.6 Å². The molecule has 2 fully saturated rings. The lowest BCUT2D eigenvalue weighted by Crippen LogP contribution is -2.38. The molecule has 4 rings (SSSR count). The van der Waals surface area contributed by atoms with Crippen LogP contribution in [0.3, 0.4) is 0 Å². The average molecular weight is 407 g/mol. The molecule has 5 nitrogen and oxygen atoms in total. The first-order chi connectivity index (χ1) is 14.8. The third-order valence-corrected chi connectivity index (χ3v) is 6.07. The number of benzene rings is 2. The van der Waals surface area contributed by atoms with Crippen molar-refractivity contribution in [3.05, 3.63) is 60.2 Å². The molecule has 0 atom stereocenters. The zero-order valence-electron chi connectivity index (χ0n) is 17.8. The number of hydrogen-bond donors (Lipinski definition) is 0. The minimum atomic E-state index is 0.0332. The summed E-state index contributed by atoms with van der Waals surface area (Å²) in [7, 11) is 0. The molecule has 0 saturated carbocycles. The van der Waals surface area contributed by atoms with Crippen LogP contribution in [0.25, 0.3) is 0 Å². The fourth-order valence-corrected chi connectivity index (χ4v) is 4.30. The van der Waals surface area contributed by atoms with E-state index in [1.165, 1.54) is 38.8 Å². The maximum Gasteiger partial charge on any atom is 0.258 e. The molecular weight excluding hydrogens is 374 g/mol. The zero-order valence-corrected chi connectivity index (χ0v) is 17.8. The summed E-state index contributed by atoms with van der Waals surface area (Å²) in [5.41, 5.74) is 1.61. The van der Waals surface area contributed by atoms with Crippen LogP contribution in [0.4, 0.5) is 5.69 Å². The van der Waals surface area contributed by atoms with Gasteiger partial charge in [0.2, 0.25) is 0 Å². The van der Waals surface area contributed by atoms with Gasteiger partial charge in [0.25, 0.3) is 5.91 Å². The summed E-state index contributed by atoms with van der Waals surface area (Å²) in [5, 5.41) is 0. The van der Waals surface area contributed by atoms with Crippen LogP contribution in [0.1, 0.15) is 36.0 Å². The van der Waals surface area contributed by atoms with Gasteiger partial charge in [-0.2, -0.15) is 0 Å². The molecule has 0 spiro atoms. The third-order valence-electron chi connectivity index (χ3n) is 6.07. The Morgan fingerprint density at radius 2 is 1.47 bits per heavy atom. The summed E-state index contributed by atoms with van der Waals surface area (Å²) in [6.45, 7) is 7.91. The molecule has 2 aromatic carbocycles.